The molecule has 0 spiro atoms. The average Bonchev–Trinajstić information content (AvgIpc) is 2.06. The van der Waals surface area contributed by atoms with Gasteiger partial charge in [0.25, 0.3) is 5.56 Å². The van der Waals surface area contributed by atoms with E-state index in [1.807, 2.05) is 0 Å². The van der Waals surface area contributed by atoms with E-state index >= 15 is 0 Å². The van der Waals surface area contributed by atoms with Crippen molar-refractivity contribution < 1.29 is 8.42 Å². The summed E-state index contributed by atoms with van der Waals surface area (Å²) in [5, 5.41) is 0.00745. The zero-order chi connectivity index (χ0) is 10.3. The molecule has 0 fully saturated rings. The van der Waals surface area contributed by atoms with Crippen LogP contribution in [-0.4, -0.2) is 24.1 Å². The number of nitrogens with zero attached hydrogens (tertiary/aromatic N) is 1. The van der Waals surface area contributed by atoms with E-state index in [1.165, 1.54) is 0 Å². The number of hydrogen-bond donors (Lipinski definition) is 1. The lowest BCUT2D eigenvalue weighted by Gasteiger charge is -2.13. The Morgan fingerprint density at radius 1 is 1.43 bits per heavy atom. The van der Waals surface area contributed by atoms with Crippen molar-refractivity contribution >= 4 is 21.4 Å². The monoisotopic (exact) mass is 234 g/mol. The molecule has 1 aliphatic heterocycles. The highest BCUT2D eigenvalue weighted by molar-refractivity contribution is 7.90. The van der Waals surface area contributed by atoms with Crippen molar-refractivity contribution in [2.45, 2.75) is 12.2 Å². The minimum absolute atomic E-state index is 0.00745. The Hall–Kier alpha value is -0.880. The molecule has 7 heteroatoms. The number of aromatic amines is 1. The summed E-state index contributed by atoms with van der Waals surface area (Å²) in [4.78, 5) is 17.5. The standard InChI is InChI=1S/C7H7ClN2O3S/c8-7-9-5-1-2-14(12,13)3-4(5)6(11)10-7/h1-3H2,(H,9,10,11). The Morgan fingerprint density at radius 3 is 2.86 bits per heavy atom. The lowest BCUT2D eigenvalue weighted by atomic mass is 10.2. The van der Waals surface area contributed by atoms with Gasteiger partial charge in [0.15, 0.2) is 9.84 Å². The molecule has 14 heavy (non-hydrogen) atoms. The maximum atomic E-state index is 11.3. The second-order valence-corrected chi connectivity index (χ2v) is 5.67. The largest absolute Gasteiger partial charge is 0.297 e. The molecule has 0 amide bonds. The molecule has 1 N–H and O–H groups in total. The molecule has 1 aliphatic rings. The predicted molar refractivity (Wildman–Crippen MR) is 51.1 cm³/mol. The summed E-state index contributed by atoms with van der Waals surface area (Å²) in [7, 11) is -3.13. The molecule has 2 heterocycles. The van der Waals surface area contributed by atoms with Crippen molar-refractivity contribution in [3.05, 3.63) is 26.9 Å². The maximum Gasteiger partial charge on any atom is 0.256 e. The van der Waals surface area contributed by atoms with E-state index in [0.717, 1.165) is 0 Å². The molecule has 1 aromatic heterocycles. The third-order valence-electron chi connectivity index (χ3n) is 2.09. The van der Waals surface area contributed by atoms with Crippen LogP contribution in [0.25, 0.3) is 0 Å². The number of rotatable bonds is 0. The Bertz CT molecular complexity index is 534. The van der Waals surface area contributed by atoms with Crippen LogP contribution in [0.5, 0.6) is 0 Å². The van der Waals surface area contributed by atoms with E-state index < -0.39 is 15.4 Å². The van der Waals surface area contributed by atoms with Gasteiger partial charge in [0.1, 0.15) is 0 Å². The van der Waals surface area contributed by atoms with E-state index in [9.17, 15) is 13.2 Å². The molecule has 0 saturated carbocycles. The number of aromatic nitrogens is 2. The minimum atomic E-state index is -3.13. The molecule has 5 nitrogen and oxygen atoms in total. The number of hydrogen-bond acceptors (Lipinski definition) is 4. The smallest absolute Gasteiger partial charge is 0.256 e. The van der Waals surface area contributed by atoms with Gasteiger partial charge in [0.05, 0.1) is 22.8 Å². The quantitative estimate of drug-likeness (QED) is 0.636. The van der Waals surface area contributed by atoms with E-state index in [1.54, 1.807) is 0 Å². The second kappa shape index (κ2) is 3.06. The molecule has 0 bridgehead atoms. The van der Waals surface area contributed by atoms with Gasteiger partial charge in [-0.15, -0.1) is 0 Å². The lowest BCUT2D eigenvalue weighted by Crippen LogP contribution is -2.28. The molecule has 0 radical (unpaired) electrons. The van der Waals surface area contributed by atoms with Crippen LogP contribution >= 0.6 is 11.6 Å². The topological polar surface area (TPSA) is 79.9 Å². The van der Waals surface area contributed by atoms with Crippen molar-refractivity contribution in [2.24, 2.45) is 0 Å². The summed E-state index contributed by atoms with van der Waals surface area (Å²) in [5.74, 6) is -0.200. The van der Waals surface area contributed by atoms with Crippen LogP contribution in [0.2, 0.25) is 5.28 Å². The van der Waals surface area contributed by atoms with Crippen LogP contribution in [0.15, 0.2) is 4.79 Å². The van der Waals surface area contributed by atoms with Gasteiger partial charge < -0.3 is 0 Å². The number of H-pyrrole nitrogens is 1. The lowest BCUT2D eigenvalue weighted by molar-refractivity contribution is 0.590. The molecule has 76 valence electrons. The Morgan fingerprint density at radius 2 is 2.14 bits per heavy atom. The van der Waals surface area contributed by atoms with Crippen LogP contribution < -0.4 is 5.56 Å². The van der Waals surface area contributed by atoms with Gasteiger partial charge in [0, 0.05) is 6.42 Å². The van der Waals surface area contributed by atoms with Crippen LogP contribution in [0.4, 0.5) is 0 Å². The molecule has 0 unspecified atom stereocenters. The van der Waals surface area contributed by atoms with E-state index in [-0.39, 0.29) is 28.8 Å². The first kappa shape index (κ1) is 9.67. The summed E-state index contributed by atoms with van der Waals surface area (Å²) in [6.45, 7) is 0. The zero-order valence-electron chi connectivity index (χ0n) is 7.08. The normalized spacial score (nSPS) is 18.9. The molecule has 0 saturated heterocycles. The third kappa shape index (κ3) is 1.67. The Labute approximate surface area is 85.0 Å². The fourth-order valence-electron chi connectivity index (χ4n) is 1.41. The molecule has 2 rings (SSSR count). The Kier molecular flexibility index (Phi) is 2.11. The first-order valence-electron chi connectivity index (χ1n) is 3.96. The first-order chi connectivity index (χ1) is 6.48. The highest BCUT2D eigenvalue weighted by Crippen LogP contribution is 2.16. The molecule has 0 atom stereocenters. The molecule has 0 aliphatic carbocycles. The van der Waals surface area contributed by atoms with Crippen LogP contribution in [0.3, 0.4) is 0 Å². The van der Waals surface area contributed by atoms with Gasteiger partial charge in [-0.05, 0) is 11.6 Å². The van der Waals surface area contributed by atoms with Gasteiger partial charge in [-0.3, -0.25) is 9.78 Å². The van der Waals surface area contributed by atoms with Crippen LogP contribution in [0, 0.1) is 0 Å². The average molecular weight is 235 g/mol. The van der Waals surface area contributed by atoms with Gasteiger partial charge in [-0.2, -0.15) is 0 Å². The number of fused-ring (bicyclic) bond motifs is 1. The summed E-state index contributed by atoms with van der Waals surface area (Å²) in [6, 6.07) is 0. The van der Waals surface area contributed by atoms with E-state index in [0.29, 0.717) is 5.69 Å². The van der Waals surface area contributed by atoms with Crippen molar-refractivity contribution in [1.29, 1.82) is 0 Å². The van der Waals surface area contributed by atoms with E-state index in [2.05, 4.69) is 9.97 Å². The summed E-state index contributed by atoms with van der Waals surface area (Å²) >= 11 is 5.54. The summed E-state index contributed by atoms with van der Waals surface area (Å²) in [6.07, 6.45) is 0.265. The van der Waals surface area contributed by atoms with Gasteiger partial charge in [0.2, 0.25) is 5.28 Å². The second-order valence-electron chi connectivity index (χ2n) is 3.12. The summed E-state index contributed by atoms with van der Waals surface area (Å²) in [5.41, 5.74) is 0.262. The summed E-state index contributed by atoms with van der Waals surface area (Å²) < 4.78 is 22.5. The minimum Gasteiger partial charge on any atom is -0.297 e. The number of sulfone groups is 1. The van der Waals surface area contributed by atoms with Gasteiger partial charge in [-0.25, -0.2) is 13.4 Å². The Balaban J connectivity index is 2.64. The number of aryl methyl sites for hydroxylation is 1. The van der Waals surface area contributed by atoms with Crippen molar-refractivity contribution in [3.8, 4) is 0 Å². The fraction of sp³-hybridized carbons (Fsp3) is 0.429. The van der Waals surface area contributed by atoms with Crippen molar-refractivity contribution in [1.82, 2.24) is 9.97 Å². The third-order valence-corrected chi connectivity index (χ3v) is 3.82. The zero-order valence-corrected chi connectivity index (χ0v) is 8.65. The fourth-order valence-corrected chi connectivity index (χ4v) is 2.99. The number of nitrogens with one attached hydrogen (secondary N) is 1. The predicted octanol–water partition coefficient (Wildman–Crippen LogP) is -0.106. The number of halogens is 1. The molecular weight excluding hydrogens is 228 g/mol. The molecule has 1 aromatic rings. The van der Waals surface area contributed by atoms with Crippen molar-refractivity contribution in [2.75, 3.05) is 5.75 Å². The SMILES string of the molecule is O=c1[nH]c(Cl)nc2c1CS(=O)(=O)CC2. The van der Waals surface area contributed by atoms with Crippen molar-refractivity contribution in [3.63, 3.8) is 0 Å². The van der Waals surface area contributed by atoms with Crippen LogP contribution in [-0.2, 0) is 22.0 Å². The molecular formula is C7H7ClN2O3S. The maximum absolute atomic E-state index is 11.3. The first-order valence-corrected chi connectivity index (χ1v) is 6.16. The highest BCUT2D eigenvalue weighted by atomic mass is 35.5. The highest BCUT2D eigenvalue weighted by Gasteiger charge is 2.25. The van der Waals surface area contributed by atoms with Gasteiger partial charge in [-0.1, -0.05) is 0 Å². The van der Waals surface area contributed by atoms with E-state index in [4.69, 9.17) is 11.6 Å². The van der Waals surface area contributed by atoms with Gasteiger partial charge >= 0.3 is 0 Å². The van der Waals surface area contributed by atoms with Crippen LogP contribution in [0.1, 0.15) is 11.3 Å². The molecule has 0 aromatic carbocycles.